The van der Waals surface area contributed by atoms with Gasteiger partial charge in [0.2, 0.25) is 5.91 Å². The first-order valence-electron chi connectivity index (χ1n) is 6.46. The molecule has 1 amide bonds. The van der Waals surface area contributed by atoms with Crippen LogP contribution in [0.3, 0.4) is 0 Å². The van der Waals surface area contributed by atoms with Crippen LogP contribution in [0.5, 0.6) is 0 Å². The summed E-state index contributed by atoms with van der Waals surface area (Å²) < 4.78 is 5.25. The van der Waals surface area contributed by atoms with Gasteiger partial charge in [-0.25, -0.2) is 0 Å². The van der Waals surface area contributed by atoms with E-state index in [0.717, 1.165) is 11.4 Å². The molecule has 2 rings (SSSR count). The lowest BCUT2D eigenvalue weighted by atomic mass is 10.2. The normalized spacial score (nSPS) is 16.8. The highest BCUT2D eigenvalue weighted by Gasteiger charge is 2.22. The monoisotopic (exact) mass is 264 g/mol. The molecule has 6 heteroatoms. The van der Waals surface area contributed by atoms with Crippen molar-refractivity contribution < 1.29 is 9.53 Å². The number of rotatable bonds is 4. The summed E-state index contributed by atoms with van der Waals surface area (Å²) in [4.78, 5) is 18.2. The van der Waals surface area contributed by atoms with E-state index in [1.807, 2.05) is 24.9 Å². The number of ether oxygens (including phenoxy) is 1. The zero-order valence-corrected chi connectivity index (χ0v) is 11.3. The highest BCUT2D eigenvalue weighted by Crippen LogP contribution is 2.14. The van der Waals surface area contributed by atoms with Gasteiger partial charge in [0, 0.05) is 20.1 Å². The quantitative estimate of drug-likeness (QED) is 0.841. The summed E-state index contributed by atoms with van der Waals surface area (Å²) >= 11 is 0. The third kappa shape index (κ3) is 3.57. The largest absolute Gasteiger partial charge is 0.387 e. The number of nitrogens with zero attached hydrogens (tertiary/aromatic N) is 2. The van der Waals surface area contributed by atoms with Gasteiger partial charge in [0.1, 0.15) is 6.04 Å². The minimum atomic E-state index is -0.271. The Balaban J connectivity index is 1.95. The Morgan fingerprint density at radius 1 is 1.37 bits per heavy atom. The molecule has 0 aliphatic carbocycles. The molecular weight excluding hydrogens is 244 g/mol. The summed E-state index contributed by atoms with van der Waals surface area (Å²) in [6, 6.07) is 1.66. The van der Waals surface area contributed by atoms with Gasteiger partial charge in [-0.15, -0.1) is 0 Å². The number of pyridine rings is 1. The van der Waals surface area contributed by atoms with Gasteiger partial charge in [0.25, 0.3) is 0 Å². The third-order valence-electron chi connectivity index (χ3n) is 3.10. The van der Waals surface area contributed by atoms with Crippen LogP contribution < -0.4 is 10.6 Å². The van der Waals surface area contributed by atoms with E-state index in [4.69, 9.17) is 4.74 Å². The number of morpholine rings is 1. The molecule has 1 aromatic rings. The van der Waals surface area contributed by atoms with E-state index < -0.39 is 0 Å². The smallest absolute Gasteiger partial charge is 0.244 e. The van der Waals surface area contributed by atoms with Crippen molar-refractivity contribution in [1.82, 2.24) is 9.88 Å². The third-order valence-corrected chi connectivity index (χ3v) is 3.10. The van der Waals surface area contributed by atoms with Gasteiger partial charge >= 0.3 is 0 Å². The van der Waals surface area contributed by atoms with Crippen LogP contribution in [0.1, 0.15) is 6.92 Å². The van der Waals surface area contributed by atoms with Gasteiger partial charge in [-0.05, 0) is 13.0 Å². The van der Waals surface area contributed by atoms with E-state index in [1.54, 1.807) is 12.4 Å². The summed E-state index contributed by atoms with van der Waals surface area (Å²) in [5, 5.41) is 6.20. The molecule has 0 radical (unpaired) electrons. The Morgan fingerprint density at radius 2 is 2.05 bits per heavy atom. The van der Waals surface area contributed by atoms with Crippen LogP contribution in [-0.4, -0.2) is 55.2 Å². The molecule has 104 valence electrons. The Kier molecular flexibility index (Phi) is 4.57. The maximum atomic E-state index is 12.2. The maximum absolute atomic E-state index is 12.2. The molecular formula is C13H20N4O2. The van der Waals surface area contributed by atoms with Crippen LogP contribution in [0.15, 0.2) is 18.5 Å². The van der Waals surface area contributed by atoms with Gasteiger partial charge in [0.15, 0.2) is 0 Å². The first kappa shape index (κ1) is 13.6. The summed E-state index contributed by atoms with van der Waals surface area (Å²) in [7, 11) is 1.84. The zero-order chi connectivity index (χ0) is 13.7. The minimum absolute atomic E-state index is 0.0955. The zero-order valence-electron chi connectivity index (χ0n) is 11.3. The average molecular weight is 264 g/mol. The van der Waals surface area contributed by atoms with E-state index in [2.05, 4.69) is 15.6 Å². The van der Waals surface area contributed by atoms with Gasteiger partial charge in [-0.1, -0.05) is 0 Å². The SMILES string of the molecule is CNc1cncc(NC(C)C(=O)N2CCOCC2)c1. The van der Waals surface area contributed by atoms with Crippen molar-refractivity contribution in [2.24, 2.45) is 0 Å². The van der Waals surface area contributed by atoms with Crippen LogP contribution in [0, 0.1) is 0 Å². The first-order valence-corrected chi connectivity index (χ1v) is 6.46. The highest BCUT2D eigenvalue weighted by molar-refractivity contribution is 5.84. The number of hydrogen-bond donors (Lipinski definition) is 2. The number of hydrogen-bond acceptors (Lipinski definition) is 5. The molecule has 6 nitrogen and oxygen atoms in total. The average Bonchev–Trinajstić information content (AvgIpc) is 2.47. The number of anilines is 2. The molecule has 2 N–H and O–H groups in total. The Hall–Kier alpha value is -1.82. The predicted octanol–water partition coefficient (Wildman–Crippen LogP) is 0.782. The standard InChI is InChI=1S/C13H20N4O2/c1-10(13(18)17-3-5-19-6-4-17)16-12-7-11(14-2)8-15-9-12/h7-10,14,16H,3-6H2,1-2H3. The molecule has 0 bridgehead atoms. The Labute approximate surface area is 113 Å². The highest BCUT2D eigenvalue weighted by atomic mass is 16.5. The molecule has 1 atom stereocenters. The lowest BCUT2D eigenvalue weighted by molar-refractivity contribution is -0.135. The second-order valence-corrected chi connectivity index (χ2v) is 4.52. The molecule has 1 fully saturated rings. The second-order valence-electron chi connectivity index (χ2n) is 4.52. The van der Waals surface area contributed by atoms with E-state index in [9.17, 15) is 4.79 Å². The maximum Gasteiger partial charge on any atom is 0.244 e. The van der Waals surface area contributed by atoms with Gasteiger partial charge in [-0.2, -0.15) is 0 Å². The van der Waals surface area contributed by atoms with Crippen molar-refractivity contribution in [2.45, 2.75) is 13.0 Å². The number of carbonyl (C=O) groups is 1. The molecule has 0 saturated carbocycles. The molecule has 1 aliphatic heterocycles. The first-order chi connectivity index (χ1) is 9.20. The van der Waals surface area contributed by atoms with Crippen molar-refractivity contribution in [2.75, 3.05) is 44.0 Å². The number of carbonyl (C=O) groups excluding carboxylic acids is 1. The molecule has 0 spiro atoms. The van der Waals surface area contributed by atoms with Gasteiger partial charge < -0.3 is 20.3 Å². The van der Waals surface area contributed by atoms with Crippen LogP contribution >= 0.6 is 0 Å². The van der Waals surface area contributed by atoms with Crippen molar-refractivity contribution >= 4 is 17.3 Å². The fraction of sp³-hybridized carbons (Fsp3) is 0.538. The molecule has 19 heavy (non-hydrogen) atoms. The van der Waals surface area contributed by atoms with Crippen LogP contribution in [0.25, 0.3) is 0 Å². The topological polar surface area (TPSA) is 66.5 Å². The lowest BCUT2D eigenvalue weighted by Crippen LogP contribution is -2.47. The van der Waals surface area contributed by atoms with Gasteiger partial charge in [0.05, 0.1) is 37.0 Å². The summed E-state index contributed by atoms with van der Waals surface area (Å²) in [6.07, 6.45) is 3.45. The van der Waals surface area contributed by atoms with E-state index in [1.165, 1.54) is 0 Å². The molecule has 1 saturated heterocycles. The van der Waals surface area contributed by atoms with Crippen molar-refractivity contribution in [3.05, 3.63) is 18.5 Å². The van der Waals surface area contributed by atoms with Crippen molar-refractivity contribution in [1.29, 1.82) is 0 Å². The molecule has 1 aliphatic rings. The summed E-state index contributed by atoms with van der Waals surface area (Å²) in [6.45, 7) is 4.44. The Bertz CT molecular complexity index is 432. The molecule has 0 aromatic carbocycles. The van der Waals surface area contributed by atoms with Crippen LogP contribution in [-0.2, 0) is 9.53 Å². The van der Waals surface area contributed by atoms with Crippen LogP contribution in [0.4, 0.5) is 11.4 Å². The summed E-state index contributed by atoms with van der Waals surface area (Å²) in [5.41, 5.74) is 1.75. The number of nitrogens with one attached hydrogen (secondary N) is 2. The van der Waals surface area contributed by atoms with Crippen molar-refractivity contribution in [3.63, 3.8) is 0 Å². The predicted molar refractivity (Wildman–Crippen MR) is 74.3 cm³/mol. The molecule has 2 heterocycles. The van der Waals surface area contributed by atoms with E-state index in [-0.39, 0.29) is 11.9 Å². The number of amides is 1. The summed E-state index contributed by atoms with van der Waals surface area (Å²) in [5.74, 6) is 0.0955. The molecule has 1 aromatic heterocycles. The fourth-order valence-electron chi connectivity index (χ4n) is 2.02. The van der Waals surface area contributed by atoms with Gasteiger partial charge in [-0.3, -0.25) is 9.78 Å². The lowest BCUT2D eigenvalue weighted by Gasteiger charge is -2.29. The molecule has 1 unspecified atom stereocenters. The second kappa shape index (κ2) is 6.38. The Morgan fingerprint density at radius 3 is 2.74 bits per heavy atom. The van der Waals surface area contributed by atoms with Crippen molar-refractivity contribution in [3.8, 4) is 0 Å². The van der Waals surface area contributed by atoms with E-state index >= 15 is 0 Å². The fourth-order valence-corrected chi connectivity index (χ4v) is 2.02. The number of aromatic nitrogens is 1. The van der Waals surface area contributed by atoms with Crippen LogP contribution in [0.2, 0.25) is 0 Å². The van der Waals surface area contributed by atoms with E-state index in [0.29, 0.717) is 26.3 Å². The minimum Gasteiger partial charge on any atom is -0.387 e.